The monoisotopic (exact) mass is 715 g/mol. The van der Waals surface area contributed by atoms with E-state index in [2.05, 4.69) is 209 Å². The Hall–Kier alpha value is -7.23. The summed E-state index contributed by atoms with van der Waals surface area (Å²) < 4.78 is 2.31. The van der Waals surface area contributed by atoms with Crippen molar-refractivity contribution in [2.75, 3.05) is 4.90 Å². The van der Waals surface area contributed by atoms with Gasteiger partial charge in [-0.1, -0.05) is 133 Å². The maximum atomic E-state index is 4.44. The molecule has 0 fully saturated rings. The lowest BCUT2D eigenvalue weighted by Crippen LogP contribution is -2.22. The van der Waals surface area contributed by atoms with Gasteiger partial charge in [-0.15, -0.1) is 0 Å². The molecule has 0 saturated carbocycles. The molecule has 0 unspecified atom stereocenters. The van der Waals surface area contributed by atoms with Crippen molar-refractivity contribution in [3.05, 3.63) is 223 Å². The Morgan fingerprint density at radius 3 is 1.93 bits per heavy atom. The van der Waals surface area contributed by atoms with Crippen LogP contribution >= 0.6 is 0 Å². The summed E-state index contributed by atoms with van der Waals surface area (Å²) in [6.45, 7) is 2.38. The molecule has 264 valence electrons. The van der Waals surface area contributed by atoms with Gasteiger partial charge in [0.2, 0.25) is 0 Å². The van der Waals surface area contributed by atoms with E-state index in [1.54, 1.807) is 0 Å². The maximum absolute atomic E-state index is 4.44. The summed E-state index contributed by atoms with van der Waals surface area (Å²) >= 11 is 0. The summed E-state index contributed by atoms with van der Waals surface area (Å²) in [6.07, 6.45) is 3.76. The zero-order chi connectivity index (χ0) is 37.2. The van der Waals surface area contributed by atoms with E-state index in [0.29, 0.717) is 0 Å². The van der Waals surface area contributed by atoms with Gasteiger partial charge in [-0.05, 0) is 112 Å². The lowest BCUT2D eigenvalue weighted by Gasteiger charge is -2.30. The first-order valence-corrected chi connectivity index (χ1v) is 19.3. The molecule has 0 spiro atoms. The minimum absolute atomic E-state index is 0.255. The zero-order valence-electron chi connectivity index (χ0n) is 31.0. The van der Waals surface area contributed by atoms with Crippen LogP contribution in [0.2, 0.25) is 0 Å². The van der Waals surface area contributed by atoms with Crippen LogP contribution in [0, 0.1) is 0 Å². The van der Waals surface area contributed by atoms with E-state index < -0.39 is 0 Å². The van der Waals surface area contributed by atoms with Gasteiger partial charge >= 0.3 is 0 Å². The van der Waals surface area contributed by atoms with Gasteiger partial charge in [0.15, 0.2) is 0 Å². The number of fused-ring (bicyclic) bond motifs is 7. The molecule has 0 aliphatic heterocycles. The summed E-state index contributed by atoms with van der Waals surface area (Å²) in [5.41, 5.74) is 15.5. The summed E-state index contributed by atoms with van der Waals surface area (Å²) in [6, 6.07) is 70.9. The van der Waals surface area contributed by atoms with Crippen LogP contribution in [0.15, 0.2) is 207 Å². The van der Waals surface area contributed by atoms with E-state index >= 15 is 0 Å². The Bertz CT molecular complexity index is 3050. The summed E-state index contributed by atoms with van der Waals surface area (Å²) in [4.78, 5) is 6.85. The van der Waals surface area contributed by atoms with E-state index in [9.17, 15) is 0 Å². The van der Waals surface area contributed by atoms with Crippen LogP contribution in [-0.4, -0.2) is 9.55 Å². The molecule has 1 aliphatic rings. The molecule has 2 aromatic heterocycles. The van der Waals surface area contributed by atoms with Gasteiger partial charge in [-0.2, -0.15) is 0 Å². The van der Waals surface area contributed by atoms with Crippen molar-refractivity contribution in [2.24, 2.45) is 0 Å². The van der Waals surface area contributed by atoms with Gasteiger partial charge in [0, 0.05) is 39.1 Å². The Labute approximate surface area is 326 Å². The summed E-state index contributed by atoms with van der Waals surface area (Å²) in [5.74, 6) is 0. The molecular weight excluding hydrogens is 679 g/mol. The third-order valence-electron chi connectivity index (χ3n) is 11.9. The first-order valence-electron chi connectivity index (χ1n) is 19.3. The average Bonchev–Trinajstić information content (AvgIpc) is 3.74. The molecule has 56 heavy (non-hydrogen) atoms. The molecule has 2 heterocycles. The topological polar surface area (TPSA) is 21.1 Å². The van der Waals surface area contributed by atoms with Crippen molar-refractivity contribution in [1.29, 1.82) is 0 Å². The first-order chi connectivity index (χ1) is 27.7. The van der Waals surface area contributed by atoms with Crippen LogP contribution in [0.3, 0.4) is 0 Å². The Morgan fingerprint density at radius 1 is 0.482 bits per heavy atom. The second kappa shape index (κ2) is 12.7. The predicted octanol–water partition coefficient (Wildman–Crippen LogP) is 13.8. The molecule has 0 bridgehead atoms. The Morgan fingerprint density at radius 2 is 1.14 bits per heavy atom. The van der Waals surface area contributed by atoms with Gasteiger partial charge in [0.25, 0.3) is 0 Å². The number of nitrogens with zero attached hydrogens (tertiary/aromatic N) is 3. The molecule has 3 nitrogen and oxygen atoms in total. The largest absolute Gasteiger partial charge is 0.310 e. The summed E-state index contributed by atoms with van der Waals surface area (Å²) in [5, 5.41) is 4.87. The maximum Gasteiger partial charge on any atom is 0.0645 e. The van der Waals surface area contributed by atoms with Crippen LogP contribution in [-0.2, 0) is 5.41 Å². The van der Waals surface area contributed by atoms with Gasteiger partial charge in [0.05, 0.1) is 28.6 Å². The van der Waals surface area contributed by atoms with Crippen molar-refractivity contribution in [3.8, 4) is 27.9 Å². The van der Waals surface area contributed by atoms with E-state index in [-0.39, 0.29) is 5.41 Å². The van der Waals surface area contributed by atoms with Crippen molar-refractivity contribution in [3.63, 3.8) is 0 Å². The van der Waals surface area contributed by atoms with E-state index in [1.807, 2.05) is 18.5 Å². The van der Waals surface area contributed by atoms with Crippen LogP contribution in [0.1, 0.15) is 23.6 Å². The number of para-hydroxylation sites is 1. The van der Waals surface area contributed by atoms with Gasteiger partial charge < -0.3 is 9.47 Å². The van der Waals surface area contributed by atoms with Crippen molar-refractivity contribution >= 4 is 49.6 Å². The van der Waals surface area contributed by atoms with Gasteiger partial charge in [-0.25, -0.2) is 0 Å². The third-order valence-corrected chi connectivity index (χ3v) is 11.9. The fraction of sp³-hybridized carbons (Fsp3) is 0.0377. The highest BCUT2D eigenvalue weighted by Gasteiger charge is 2.40. The van der Waals surface area contributed by atoms with Crippen LogP contribution in [0.25, 0.3) is 60.5 Å². The molecular formula is C53H37N3. The molecule has 0 radical (unpaired) electrons. The first kappa shape index (κ1) is 32.2. The molecule has 0 amide bonds. The minimum atomic E-state index is -0.255. The molecule has 11 rings (SSSR count). The summed E-state index contributed by atoms with van der Waals surface area (Å²) in [7, 11) is 0. The number of hydrogen-bond acceptors (Lipinski definition) is 2. The fourth-order valence-corrected chi connectivity index (χ4v) is 9.28. The molecule has 0 saturated heterocycles. The van der Waals surface area contributed by atoms with Gasteiger partial charge in [0.1, 0.15) is 0 Å². The van der Waals surface area contributed by atoms with Crippen LogP contribution in [0.5, 0.6) is 0 Å². The highest BCUT2D eigenvalue weighted by Crippen LogP contribution is 2.52. The molecule has 0 N–H and O–H groups in total. The second-order valence-electron chi connectivity index (χ2n) is 14.9. The number of pyridine rings is 1. The average molecular weight is 716 g/mol. The van der Waals surface area contributed by atoms with Crippen molar-refractivity contribution in [2.45, 2.75) is 12.3 Å². The lowest BCUT2D eigenvalue weighted by atomic mass is 9.74. The number of anilines is 3. The number of hydrogen-bond donors (Lipinski definition) is 0. The Balaban J connectivity index is 1.05. The van der Waals surface area contributed by atoms with Crippen LogP contribution in [0.4, 0.5) is 17.1 Å². The predicted molar refractivity (Wildman–Crippen MR) is 234 cm³/mol. The standard InChI is InChI=1S/C53H37N3/c1-53(48-22-7-4-19-44(48)45-20-5-8-23-49(45)53)39-27-29-40(30-28-39)55(50-25-11-14-36-13-2-3-18-43(36)50)41-16-10-15-37(33-41)38-26-31-52-47(34-38)46-21-6-9-24-51(46)56(52)42-17-12-32-54-35-42/h2-35H,1H3. The van der Waals surface area contributed by atoms with Gasteiger partial charge in [-0.3, -0.25) is 4.98 Å². The molecule has 1 aliphatic carbocycles. The Kier molecular flexibility index (Phi) is 7.30. The fourth-order valence-electron chi connectivity index (χ4n) is 9.28. The smallest absolute Gasteiger partial charge is 0.0645 e. The third kappa shape index (κ3) is 4.87. The molecule has 0 atom stereocenters. The highest BCUT2D eigenvalue weighted by atomic mass is 15.1. The van der Waals surface area contributed by atoms with E-state index in [0.717, 1.165) is 33.8 Å². The van der Waals surface area contributed by atoms with E-state index in [1.165, 1.54) is 60.4 Å². The SMILES string of the molecule is CC1(c2ccc(N(c3cccc(-c4ccc5c(c4)c4ccccc4n5-c4cccnc4)c3)c3cccc4ccccc34)cc2)c2ccccc2-c2ccccc21. The molecule has 10 aromatic rings. The number of rotatable bonds is 6. The zero-order valence-corrected chi connectivity index (χ0v) is 31.0. The molecule has 3 heteroatoms. The second-order valence-corrected chi connectivity index (χ2v) is 14.9. The highest BCUT2D eigenvalue weighted by molar-refractivity contribution is 6.10. The number of benzene rings is 8. The quantitative estimate of drug-likeness (QED) is 0.171. The van der Waals surface area contributed by atoms with Crippen LogP contribution < -0.4 is 4.90 Å². The normalized spacial score (nSPS) is 12.9. The minimum Gasteiger partial charge on any atom is -0.310 e. The van der Waals surface area contributed by atoms with Crippen molar-refractivity contribution in [1.82, 2.24) is 9.55 Å². The molecule has 8 aromatic carbocycles. The number of aromatic nitrogens is 2. The lowest BCUT2D eigenvalue weighted by molar-refractivity contribution is 0.714. The van der Waals surface area contributed by atoms with Crippen molar-refractivity contribution < 1.29 is 0 Å². The van der Waals surface area contributed by atoms with E-state index in [4.69, 9.17) is 0 Å².